The lowest BCUT2D eigenvalue weighted by molar-refractivity contribution is -0.120. The van der Waals surface area contributed by atoms with E-state index in [4.69, 9.17) is 4.74 Å². The number of methoxy groups -OCH3 is 1. The number of hydrogen-bond donors (Lipinski definition) is 2. The fourth-order valence-corrected chi connectivity index (χ4v) is 4.12. The van der Waals surface area contributed by atoms with Crippen LogP contribution in [0.2, 0.25) is 0 Å². The monoisotopic (exact) mass is 427 g/mol. The predicted molar refractivity (Wildman–Crippen MR) is 123 cm³/mol. The molecule has 0 aromatic heterocycles. The molecule has 31 heavy (non-hydrogen) atoms. The van der Waals surface area contributed by atoms with E-state index in [0.29, 0.717) is 31.5 Å². The molecule has 0 aliphatic carbocycles. The third-order valence-electron chi connectivity index (χ3n) is 5.72. The topological polar surface area (TPSA) is 53.6 Å². The van der Waals surface area contributed by atoms with Gasteiger partial charge in [-0.3, -0.25) is 4.79 Å². The molecule has 1 aliphatic heterocycles. The van der Waals surface area contributed by atoms with Crippen LogP contribution in [-0.4, -0.2) is 51.3 Å². The van der Waals surface area contributed by atoms with E-state index in [1.165, 1.54) is 17.8 Å². The molecule has 1 heterocycles. The molecule has 3 rings (SSSR count). The quantitative estimate of drug-likeness (QED) is 0.611. The molecule has 0 bridgehead atoms. The lowest BCUT2D eigenvalue weighted by Gasteiger charge is -2.35. The van der Waals surface area contributed by atoms with E-state index in [1.807, 2.05) is 18.2 Å². The minimum atomic E-state index is -0.245. The van der Waals surface area contributed by atoms with E-state index in [2.05, 4.69) is 34.6 Å². The molecular formula is C25H34FN3O2. The number of benzene rings is 2. The number of nitrogens with zero attached hydrogens (tertiary/aromatic N) is 1. The van der Waals surface area contributed by atoms with Crippen LogP contribution in [0, 0.1) is 5.82 Å². The number of piperidine rings is 1. The molecule has 1 saturated heterocycles. The molecule has 0 saturated carbocycles. The summed E-state index contributed by atoms with van der Waals surface area (Å²) in [6.45, 7) is 5.45. The minimum absolute atomic E-state index is 0.0128. The van der Waals surface area contributed by atoms with Crippen LogP contribution in [0.1, 0.15) is 30.9 Å². The highest BCUT2D eigenvalue weighted by atomic mass is 19.1. The molecule has 5 nitrogen and oxygen atoms in total. The summed E-state index contributed by atoms with van der Waals surface area (Å²) in [6.07, 6.45) is 3.21. The number of halogens is 1. The molecule has 2 aromatic carbocycles. The molecule has 1 aliphatic rings. The van der Waals surface area contributed by atoms with Crippen molar-refractivity contribution in [2.45, 2.75) is 44.7 Å². The van der Waals surface area contributed by atoms with Crippen LogP contribution in [0.15, 0.2) is 48.5 Å². The molecule has 2 N–H and O–H groups in total. The predicted octanol–water partition coefficient (Wildman–Crippen LogP) is 3.32. The molecule has 2 aromatic rings. The number of rotatable bonds is 10. The highest BCUT2D eigenvalue weighted by Crippen LogP contribution is 2.21. The van der Waals surface area contributed by atoms with Gasteiger partial charge in [0.15, 0.2) is 0 Å². The molecule has 1 amide bonds. The van der Waals surface area contributed by atoms with Crippen molar-refractivity contribution >= 4 is 11.6 Å². The van der Waals surface area contributed by atoms with Gasteiger partial charge in [0.25, 0.3) is 0 Å². The Morgan fingerprint density at radius 1 is 1.16 bits per heavy atom. The normalized spacial score (nSPS) is 15.6. The highest BCUT2D eigenvalue weighted by Gasteiger charge is 2.20. The summed E-state index contributed by atoms with van der Waals surface area (Å²) in [4.78, 5) is 14.6. The summed E-state index contributed by atoms with van der Waals surface area (Å²) in [5.74, 6) is -0.258. The van der Waals surface area contributed by atoms with Gasteiger partial charge in [-0.2, -0.15) is 0 Å². The Hall–Kier alpha value is -2.44. The molecule has 0 unspecified atom stereocenters. The molecule has 1 fully saturated rings. The van der Waals surface area contributed by atoms with Crippen molar-refractivity contribution in [3.8, 4) is 0 Å². The fourth-order valence-electron chi connectivity index (χ4n) is 4.12. The van der Waals surface area contributed by atoms with E-state index in [1.54, 1.807) is 13.2 Å². The third-order valence-corrected chi connectivity index (χ3v) is 5.72. The van der Waals surface area contributed by atoms with Gasteiger partial charge >= 0.3 is 0 Å². The maximum atomic E-state index is 13.2. The van der Waals surface area contributed by atoms with Crippen LogP contribution in [0.4, 0.5) is 10.1 Å². The van der Waals surface area contributed by atoms with Crippen molar-refractivity contribution in [2.75, 3.05) is 38.3 Å². The van der Waals surface area contributed by atoms with E-state index in [0.717, 1.165) is 43.7 Å². The minimum Gasteiger partial charge on any atom is -0.383 e. The van der Waals surface area contributed by atoms with Crippen LogP contribution >= 0.6 is 0 Å². The number of hydrogen-bond acceptors (Lipinski definition) is 4. The van der Waals surface area contributed by atoms with Crippen molar-refractivity contribution in [3.63, 3.8) is 0 Å². The van der Waals surface area contributed by atoms with E-state index in [9.17, 15) is 9.18 Å². The van der Waals surface area contributed by atoms with Gasteiger partial charge in [0.2, 0.25) is 5.91 Å². The second-order valence-electron chi connectivity index (χ2n) is 8.36. The van der Waals surface area contributed by atoms with E-state index in [-0.39, 0.29) is 11.7 Å². The van der Waals surface area contributed by atoms with E-state index >= 15 is 0 Å². The molecule has 1 atom stereocenters. The maximum absolute atomic E-state index is 13.2. The summed E-state index contributed by atoms with van der Waals surface area (Å²) < 4.78 is 18.4. The molecular weight excluding hydrogens is 393 g/mol. The van der Waals surface area contributed by atoms with Gasteiger partial charge in [-0.1, -0.05) is 24.3 Å². The largest absolute Gasteiger partial charge is 0.383 e. The van der Waals surface area contributed by atoms with Crippen molar-refractivity contribution in [1.29, 1.82) is 0 Å². The smallest absolute Gasteiger partial charge is 0.224 e. The number of amides is 1. The highest BCUT2D eigenvalue weighted by molar-refractivity contribution is 5.78. The summed E-state index contributed by atoms with van der Waals surface area (Å²) in [7, 11) is 1.74. The number of carbonyl (C=O) groups excluding carboxylic acids is 1. The van der Waals surface area contributed by atoms with Gasteiger partial charge in [0.1, 0.15) is 5.82 Å². The Morgan fingerprint density at radius 2 is 1.90 bits per heavy atom. The summed E-state index contributed by atoms with van der Waals surface area (Å²) >= 11 is 0. The van der Waals surface area contributed by atoms with Crippen LogP contribution in [0.25, 0.3) is 0 Å². The fraction of sp³-hybridized carbons (Fsp3) is 0.480. The Morgan fingerprint density at radius 3 is 2.58 bits per heavy atom. The van der Waals surface area contributed by atoms with Crippen LogP contribution in [0.5, 0.6) is 0 Å². The average molecular weight is 428 g/mol. The molecule has 0 radical (unpaired) electrons. The molecule has 168 valence electrons. The van der Waals surface area contributed by atoms with E-state index < -0.39 is 0 Å². The van der Waals surface area contributed by atoms with Gasteiger partial charge < -0.3 is 20.3 Å². The van der Waals surface area contributed by atoms with Crippen LogP contribution in [0.3, 0.4) is 0 Å². The molecule has 0 spiro atoms. The third kappa shape index (κ3) is 7.64. The first-order valence-electron chi connectivity index (χ1n) is 11.1. The first-order valence-corrected chi connectivity index (χ1v) is 11.1. The van der Waals surface area contributed by atoms with Gasteiger partial charge in [0.05, 0.1) is 13.0 Å². The Bertz CT molecular complexity index is 820. The van der Waals surface area contributed by atoms with Crippen molar-refractivity contribution < 1.29 is 13.9 Å². The second-order valence-corrected chi connectivity index (χ2v) is 8.36. The average Bonchev–Trinajstić information content (AvgIpc) is 2.75. The summed E-state index contributed by atoms with van der Waals surface area (Å²) in [6, 6.07) is 15.7. The SMILES string of the molecule is COC[C@H](C)NC1CCN(c2ccc(CC(=O)NCCc3cccc(F)c3)cc2)CC1. The van der Waals surface area contributed by atoms with Crippen LogP contribution in [-0.2, 0) is 22.4 Å². The van der Waals surface area contributed by atoms with Crippen LogP contribution < -0.4 is 15.5 Å². The number of anilines is 1. The second kappa shape index (κ2) is 11.8. The van der Waals surface area contributed by atoms with Gasteiger partial charge in [-0.05, 0) is 61.6 Å². The Balaban J connectivity index is 1.39. The first kappa shape index (κ1) is 23.2. The van der Waals surface area contributed by atoms with Crippen molar-refractivity contribution in [2.24, 2.45) is 0 Å². The molecule has 6 heteroatoms. The van der Waals surface area contributed by atoms with Gasteiger partial charge in [0, 0.05) is 44.5 Å². The first-order chi connectivity index (χ1) is 15.0. The Labute approximate surface area is 185 Å². The maximum Gasteiger partial charge on any atom is 0.224 e. The summed E-state index contributed by atoms with van der Waals surface area (Å²) in [5.41, 5.74) is 3.09. The van der Waals surface area contributed by atoms with Crippen molar-refractivity contribution in [3.05, 3.63) is 65.5 Å². The van der Waals surface area contributed by atoms with Crippen molar-refractivity contribution in [1.82, 2.24) is 10.6 Å². The standard InChI is InChI=1S/C25H34FN3O2/c1-19(18-31-2)28-23-11-14-29(15-12-23)24-8-6-21(7-9-24)17-25(30)27-13-10-20-4-3-5-22(26)16-20/h3-9,16,19,23,28H,10-15,17-18H2,1-2H3,(H,27,30)/t19-/m0/s1. The number of ether oxygens (including phenoxy) is 1. The van der Waals surface area contributed by atoms with Gasteiger partial charge in [-0.25, -0.2) is 4.39 Å². The lowest BCUT2D eigenvalue weighted by atomic mass is 10.0. The lowest BCUT2D eigenvalue weighted by Crippen LogP contribution is -2.46. The van der Waals surface area contributed by atoms with Gasteiger partial charge in [-0.15, -0.1) is 0 Å². The zero-order valence-corrected chi connectivity index (χ0v) is 18.6. The number of carbonyl (C=O) groups is 1. The zero-order chi connectivity index (χ0) is 22.1. The Kier molecular flexibility index (Phi) is 8.85. The summed E-state index contributed by atoms with van der Waals surface area (Å²) in [5, 5.41) is 6.56. The number of nitrogens with one attached hydrogen (secondary N) is 2. The zero-order valence-electron chi connectivity index (χ0n) is 18.6.